The standard InChI is InChI=1S/C18H16FN3O3/c1-11-3-4-13(9-12(11)2)17-18(22-25-21-17)20-16(23)10-24-15-7-5-14(19)6-8-15/h3-9H,10H2,1-2H3,(H,20,22,23). The lowest BCUT2D eigenvalue weighted by molar-refractivity contribution is -0.118. The molecule has 3 aromatic rings. The van der Waals surface area contributed by atoms with Crippen LogP contribution in [0.3, 0.4) is 0 Å². The molecule has 0 saturated heterocycles. The highest BCUT2D eigenvalue weighted by atomic mass is 19.1. The Hall–Kier alpha value is -3.22. The zero-order chi connectivity index (χ0) is 17.8. The van der Waals surface area contributed by atoms with Crippen LogP contribution in [0, 0.1) is 19.7 Å². The lowest BCUT2D eigenvalue weighted by Gasteiger charge is -2.07. The van der Waals surface area contributed by atoms with E-state index in [4.69, 9.17) is 9.37 Å². The minimum atomic E-state index is -0.426. The van der Waals surface area contributed by atoms with E-state index in [9.17, 15) is 9.18 Å². The Morgan fingerprint density at radius 3 is 2.60 bits per heavy atom. The number of ether oxygens (including phenoxy) is 1. The lowest BCUT2D eigenvalue weighted by atomic mass is 10.0. The van der Waals surface area contributed by atoms with E-state index in [0.717, 1.165) is 16.7 Å². The molecular formula is C18H16FN3O3. The number of benzene rings is 2. The Bertz CT molecular complexity index is 891. The van der Waals surface area contributed by atoms with Crippen molar-refractivity contribution < 1.29 is 18.6 Å². The molecule has 7 heteroatoms. The minimum absolute atomic E-state index is 0.218. The van der Waals surface area contributed by atoms with Gasteiger partial charge >= 0.3 is 0 Å². The van der Waals surface area contributed by atoms with Crippen molar-refractivity contribution in [3.8, 4) is 17.0 Å². The van der Waals surface area contributed by atoms with Crippen LogP contribution in [0.1, 0.15) is 11.1 Å². The smallest absolute Gasteiger partial charge is 0.263 e. The van der Waals surface area contributed by atoms with Crippen molar-refractivity contribution in [1.82, 2.24) is 10.3 Å². The molecule has 2 aromatic carbocycles. The first-order valence-electron chi connectivity index (χ1n) is 7.61. The third kappa shape index (κ3) is 4.00. The van der Waals surface area contributed by atoms with E-state index < -0.39 is 5.91 Å². The van der Waals surface area contributed by atoms with E-state index in [0.29, 0.717) is 11.4 Å². The first-order valence-corrected chi connectivity index (χ1v) is 7.61. The van der Waals surface area contributed by atoms with Gasteiger partial charge in [-0.15, -0.1) is 0 Å². The second kappa shape index (κ2) is 7.12. The lowest BCUT2D eigenvalue weighted by Crippen LogP contribution is -2.20. The molecular weight excluding hydrogens is 325 g/mol. The molecule has 0 bridgehead atoms. The van der Waals surface area contributed by atoms with Crippen LogP contribution in [-0.2, 0) is 4.79 Å². The highest BCUT2D eigenvalue weighted by molar-refractivity contribution is 5.94. The van der Waals surface area contributed by atoms with Crippen LogP contribution >= 0.6 is 0 Å². The number of rotatable bonds is 5. The first-order chi connectivity index (χ1) is 12.0. The maximum absolute atomic E-state index is 12.8. The number of carbonyl (C=O) groups is 1. The fraction of sp³-hybridized carbons (Fsp3) is 0.167. The van der Waals surface area contributed by atoms with Crippen LogP contribution in [0.25, 0.3) is 11.3 Å². The van der Waals surface area contributed by atoms with Gasteiger partial charge < -0.3 is 10.1 Å². The van der Waals surface area contributed by atoms with Crippen molar-refractivity contribution in [3.05, 3.63) is 59.4 Å². The van der Waals surface area contributed by atoms with Crippen molar-refractivity contribution in [1.29, 1.82) is 0 Å². The van der Waals surface area contributed by atoms with Crippen LogP contribution in [0.2, 0.25) is 0 Å². The Balaban J connectivity index is 1.67. The van der Waals surface area contributed by atoms with Gasteiger partial charge in [-0.3, -0.25) is 4.79 Å². The van der Waals surface area contributed by atoms with Gasteiger partial charge in [-0.2, -0.15) is 0 Å². The molecule has 0 aliphatic heterocycles. The van der Waals surface area contributed by atoms with Crippen LogP contribution < -0.4 is 10.1 Å². The molecule has 0 atom stereocenters. The summed E-state index contributed by atoms with van der Waals surface area (Å²) in [5.41, 5.74) is 3.48. The number of carbonyl (C=O) groups excluding carboxylic acids is 1. The highest BCUT2D eigenvalue weighted by Gasteiger charge is 2.16. The summed E-state index contributed by atoms with van der Waals surface area (Å²) in [6.07, 6.45) is 0. The summed E-state index contributed by atoms with van der Waals surface area (Å²) >= 11 is 0. The fourth-order valence-corrected chi connectivity index (χ4v) is 2.20. The largest absolute Gasteiger partial charge is 0.484 e. The monoisotopic (exact) mass is 341 g/mol. The molecule has 0 aliphatic rings. The van der Waals surface area contributed by atoms with Crippen molar-refractivity contribution in [2.45, 2.75) is 13.8 Å². The molecule has 0 fully saturated rings. The van der Waals surface area contributed by atoms with Gasteiger partial charge in [0.15, 0.2) is 12.3 Å². The Kier molecular flexibility index (Phi) is 4.74. The molecule has 0 aliphatic carbocycles. The number of nitrogens with one attached hydrogen (secondary N) is 1. The summed E-state index contributed by atoms with van der Waals surface area (Å²) in [4.78, 5) is 12.0. The maximum atomic E-state index is 12.8. The number of hydrogen-bond donors (Lipinski definition) is 1. The number of amides is 1. The van der Waals surface area contributed by atoms with Gasteiger partial charge in [-0.1, -0.05) is 12.1 Å². The third-order valence-corrected chi connectivity index (χ3v) is 3.71. The zero-order valence-corrected chi connectivity index (χ0v) is 13.7. The van der Waals surface area contributed by atoms with E-state index in [2.05, 4.69) is 15.6 Å². The molecule has 6 nitrogen and oxygen atoms in total. The van der Waals surface area contributed by atoms with Gasteiger partial charge in [0.1, 0.15) is 11.6 Å². The molecule has 0 spiro atoms. The van der Waals surface area contributed by atoms with Crippen molar-refractivity contribution in [2.24, 2.45) is 0 Å². The summed E-state index contributed by atoms with van der Waals surface area (Å²) in [7, 11) is 0. The Morgan fingerprint density at radius 2 is 1.88 bits per heavy atom. The summed E-state index contributed by atoms with van der Waals surface area (Å²) in [6.45, 7) is 3.75. The second-order valence-electron chi connectivity index (χ2n) is 5.55. The van der Waals surface area contributed by atoms with E-state index in [1.807, 2.05) is 32.0 Å². The molecule has 0 radical (unpaired) electrons. The summed E-state index contributed by atoms with van der Waals surface area (Å²) < 4.78 is 22.9. The average Bonchev–Trinajstić information content (AvgIpc) is 3.05. The third-order valence-electron chi connectivity index (χ3n) is 3.71. The second-order valence-corrected chi connectivity index (χ2v) is 5.55. The fourth-order valence-electron chi connectivity index (χ4n) is 2.20. The molecule has 0 saturated carbocycles. The zero-order valence-electron chi connectivity index (χ0n) is 13.7. The molecule has 1 amide bonds. The predicted molar refractivity (Wildman–Crippen MR) is 89.7 cm³/mol. The molecule has 1 heterocycles. The summed E-state index contributed by atoms with van der Waals surface area (Å²) in [5.74, 6) is -0.186. The van der Waals surface area contributed by atoms with Crippen LogP contribution in [0.4, 0.5) is 10.2 Å². The minimum Gasteiger partial charge on any atom is -0.484 e. The van der Waals surface area contributed by atoms with Crippen molar-refractivity contribution in [2.75, 3.05) is 11.9 Å². The van der Waals surface area contributed by atoms with Crippen LogP contribution in [0.15, 0.2) is 47.1 Å². The van der Waals surface area contributed by atoms with Gasteiger partial charge in [0, 0.05) is 5.56 Å². The molecule has 1 aromatic heterocycles. The van der Waals surface area contributed by atoms with Crippen molar-refractivity contribution >= 4 is 11.7 Å². The van der Waals surface area contributed by atoms with Gasteiger partial charge in [-0.05, 0) is 65.6 Å². The van der Waals surface area contributed by atoms with E-state index >= 15 is 0 Å². The van der Waals surface area contributed by atoms with E-state index in [1.165, 1.54) is 24.3 Å². The van der Waals surface area contributed by atoms with E-state index in [1.54, 1.807) is 0 Å². The van der Waals surface area contributed by atoms with Gasteiger partial charge in [-0.25, -0.2) is 9.02 Å². The topological polar surface area (TPSA) is 77.3 Å². The summed E-state index contributed by atoms with van der Waals surface area (Å²) in [5, 5.41) is 10.2. The maximum Gasteiger partial charge on any atom is 0.263 e. The molecule has 25 heavy (non-hydrogen) atoms. The van der Waals surface area contributed by atoms with Crippen LogP contribution in [-0.4, -0.2) is 22.8 Å². The molecule has 0 unspecified atom stereocenters. The Morgan fingerprint density at radius 1 is 1.12 bits per heavy atom. The SMILES string of the molecule is Cc1ccc(-c2nonc2NC(=O)COc2ccc(F)cc2)cc1C. The van der Waals surface area contributed by atoms with Crippen LogP contribution in [0.5, 0.6) is 5.75 Å². The van der Waals surface area contributed by atoms with E-state index in [-0.39, 0.29) is 18.2 Å². The number of aryl methyl sites for hydroxylation is 2. The van der Waals surface area contributed by atoms with Crippen molar-refractivity contribution in [3.63, 3.8) is 0 Å². The van der Waals surface area contributed by atoms with Gasteiger partial charge in [0.2, 0.25) is 5.82 Å². The molecule has 1 N–H and O–H groups in total. The summed E-state index contributed by atoms with van der Waals surface area (Å²) in [6, 6.07) is 11.2. The molecule has 3 rings (SSSR count). The first kappa shape index (κ1) is 16.6. The average molecular weight is 341 g/mol. The number of anilines is 1. The Labute approximate surface area is 143 Å². The number of hydrogen-bond acceptors (Lipinski definition) is 5. The number of halogens is 1. The van der Waals surface area contributed by atoms with Gasteiger partial charge in [0.25, 0.3) is 5.91 Å². The quantitative estimate of drug-likeness (QED) is 0.768. The number of aromatic nitrogens is 2. The number of nitrogens with zero attached hydrogens (tertiary/aromatic N) is 2. The normalized spacial score (nSPS) is 10.5. The van der Waals surface area contributed by atoms with Gasteiger partial charge in [0.05, 0.1) is 0 Å². The highest BCUT2D eigenvalue weighted by Crippen LogP contribution is 2.26. The molecule has 128 valence electrons. The predicted octanol–water partition coefficient (Wildman–Crippen LogP) is 3.51.